The Balaban J connectivity index is 2.92. The van der Waals surface area contributed by atoms with Crippen molar-refractivity contribution >= 4 is 53.4 Å². The zero-order valence-electron chi connectivity index (χ0n) is 61.2. The number of rotatable bonds is 60. The van der Waals surface area contributed by atoms with Crippen LogP contribution < -0.4 is 26.6 Å². The highest BCUT2D eigenvalue weighted by molar-refractivity contribution is 5.92. The molecule has 0 saturated carbocycles. The highest BCUT2D eigenvalue weighted by Gasteiger charge is 2.33. The fraction of sp³-hybridized carbons (Fsp3) is 0.803. The predicted octanol–water partition coefficient (Wildman–Crippen LogP) is 13.0. The van der Waals surface area contributed by atoms with Crippen molar-refractivity contribution in [3.05, 3.63) is 35.9 Å². The number of carbonyl (C=O) groups is 9. The first kappa shape index (κ1) is 88.4. The second-order valence-corrected chi connectivity index (χ2v) is 28.1. The van der Waals surface area contributed by atoms with E-state index in [1.807, 2.05) is 78.8 Å². The van der Waals surface area contributed by atoms with Crippen LogP contribution >= 0.6 is 0 Å². The lowest BCUT2D eigenvalue weighted by atomic mass is 9.96. The monoisotopic (exact) mass is 1360 g/mol. The Morgan fingerprint density at radius 2 is 0.802 bits per heavy atom. The first-order chi connectivity index (χ1) is 46.0. The average molecular weight is 1360 g/mol. The summed E-state index contributed by atoms with van der Waals surface area (Å²) in [6, 6.07) is 4.10. The van der Waals surface area contributed by atoms with Gasteiger partial charge in [0.1, 0.15) is 31.3 Å². The topological polar surface area (TPSA) is 291 Å². The zero-order chi connectivity index (χ0) is 71.3. The smallest absolute Gasteiger partial charge is 0.344 e. The molecule has 96 heavy (non-hydrogen) atoms. The Labute approximate surface area is 578 Å². The molecule has 0 spiro atoms. The van der Waals surface area contributed by atoms with Gasteiger partial charge in [0.05, 0.1) is 37.1 Å². The highest BCUT2D eigenvalue weighted by atomic mass is 16.6. The van der Waals surface area contributed by atoms with E-state index in [1.54, 1.807) is 0 Å². The lowest BCUT2D eigenvalue weighted by molar-refractivity contribution is -0.172. The molecule has 0 aromatic heterocycles. The Hall–Kier alpha value is -5.63. The van der Waals surface area contributed by atoms with Gasteiger partial charge in [0.15, 0.2) is 12.7 Å². The molecule has 1 rings (SSSR count). The van der Waals surface area contributed by atoms with Crippen LogP contribution in [-0.4, -0.2) is 132 Å². The van der Waals surface area contributed by atoms with Crippen molar-refractivity contribution in [3.63, 3.8) is 0 Å². The van der Waals surface area contributed by atoms with Gasteiger partial charge in [0.25, 0.3) is 0 Å². The summed E-state index contributed by atoms with van der Waals surface area (Å²) < 4.78 is 21.7. The lowest BCUT2D eigenvalue weighted by Crippen LogP contribution is -2.57. The number of esters is 4. The Kier molecular flexibility index (Phi) is 51.8. The number of unbranched alkanes of at least 4 members (excludes halogenated alkanes) is 25. The summed E-state index contributed by atoms with van der Waals surface area (Å²) in [5.41, 5.74) is 0.817. The van der Waals surface area contributed by atoms with Crippen LogP contribution in [0.3, 0.4) is 0 Å². The Morgan fingerprint density at radius 3 is 1.24 bits per heavy atom. The molecule has 552 valence electrons. The number of hydrogen-bond donors (Lipinski definition) is 7. The van der Waals surface area contributed by atoms with Crippen LogP contribution in [0.4, 0.5) is 0 Å². The van der Waals surface area contributed by atoms with E-state index in [0.29, 0.717) is 19.3 Å². The largest absolute Gasteiger partial charge is 0.462 e. The van der Waals surface area contributed by atoms with Crippen molar-refractivity contribution < 1.29 is 72.3 Å². The summed E-state index contributed by atoms with van der Waals surface area (Å²) in [5, 5.41) is 36.7. The fourth-order valence-corrected chi connectivity index (χ4v) is 11.5. The van der Waals surface area contributed by atoms with E-state index in [4.69, 9.17) is 18.9 Å². The molecule has 5 amide bonds. The maximum absolute atomic E-state index is 14.1. The third-order valence-electron chi connectivity index (χ3n) is 17.1. The van der Waals surface area contributed by atoms with E-state index < -0.39 is 115 Å². The van der Waals surface area contributed by atoms with Crippen LogP contribution in [0.15, 0.2) is 30.3 Å². The van der Waals surface area contributed by atoms with Gasteiger partial charge >= 0.3 is 23.9 Å². The molecule has 0 fully saturated rings. The minimum Gasteiger partial charge on any atom is -0.462 e. The number of nitrogens with one attached hydrogen (secondary N) is 5. The quantitative estimate of drug-likeness (QED) is 0.0181. The van der Waals surface area contributed by atoms with Crippen LogP contribution in [0, 0.1) is 17.8 Å². The number of hydrogen-bond acceptors (Lipinski definition) is 15. The first-order valence-corrected chi connectivity index (χ1v) is 37.5. The summed E-state index contributed by atoms with van der Waals surface area (Å²) in [6.07, 6.45) is 27.8. The van der Waals surface area contributed by atoms with E-state index in [-0.39, 0.29) is 81.8 Å². The minimum atomic E-state index is -1.49. The molecule has 1 aromatic rings. The fourth-order valence-electron chi connectivity index (χ4n) is 11.5. The van der Waals surface area contributed by atoms with Crippen molar-refractivity contribution in [2.75, 3.05) is 19.8 Å². The van der Waals surface area contributed by atoms with Gasteiger partial charge in [-0.2, -0.15) is 0 Å². The highest BCUT2D eigenvalue weighted by Crippen LogP contribution is 2.19. The van der Waals surface area contributed by atoms with Gasteiger partial charge in [-0.15, -0.1) is 0 Å². The third kappa shape index (κ3) is 47.3. The molecule has 7 unspecified atom stereocenters. The van der Waals surface area contributed by atoms with E-state index in [1.165, 1.54) is 122 Å². The van der Waals surface area contributed by atoms with Crippen LogP contribution in [0.2, 0.25) is 0 Å². The van der Waals surface area contributed by atoms with Gasteiger partial charge in [0.2, 0.25) is 29.5 Å². The second-order valence-electron chi connectivity index (χ2n) is 28.1. The summed E-state index contributed by atoms with van der Waals surface area (Å²) in [4.78, 5) is 120. The van der Waals surface area contributed by atoms with Crippen LogP contribution in [0.5, 0.6) is 0 Å². The maximum atomic E-state index is 14.1. The first-order valence-electron chi connectivity index (χ1n) is 37.5. The van der Waals surface area contributed by atoms with E-state index in [0.717, 1.165) is 50.5 Å². The number of aliphatic hydroxyl groups excluding tert-OH is 2. The standard InChI is InChI=1S/C76H133N5O15/c1-11-14-17-19-21-23-25-27-29-31-33-35-40-45-70(86)93-53-61(54-94-71(87)46-41-36-34-32-30-28-26-24-22-20-18-15-12-2)96-73(89)55-95-72(88)52-67(83)64(48-57(6)7)80-74(90)59(10)77-69(85)51-66(82)63(47-56(4)5)81-75(91)62(44-16-13-3)79-76(92)65(78-68(84)49-58(8)9)50-60-42-38-37-39-43-60/h37-39,42-43,56-59,61-67,82-83H,11-36,40-41,44-55H2,1-10H3,(H,77,85)(H,78,84)(H,79,92)(H,80,90)(H,81,91). The van der Waals surface area contributed by atoms with Crippen molar-refractivity contribution in [1.82, 2.24) is 26.6 Å². The Morgan fingerprint density at radius 1 is 0.396 bits per heavy atom. The van der Waals surface area contributed by atoms with Crippen LogP contribution in [0.25, 0.3) is 0 Å². The molecule has 0 saturated heterocycles. The Bertz CT molecular complexity index is 2220. The van der Waals surface area contributed by atoms with Gasteiger partial charge < -0.3 is 55.7 Å². The number of benzene rings is 1. The van der Waals surface area contributed by atoms with E-state index in [2.05, 4.69) is 40.4 Å². The van der Waals surface area contributed by atoms with Crippen LogP contribution in [-0.2, 0) is 68.5 Å². The van der Waals surface area contributed by atoms with Crippen molar-refractivity contribution in [2.45, 2.75) is 355 Å². The lowest BCUT2D eigenvalue weighted by Gasteiger charge is -2.29. The SMILES string of the molecule is CCCCCCCCCCCCCCCC(=O)OCC(COC(=O)CCCCCCCCCCCCCCC)OC(=O)COC(=O)CC(O)C(CC(C)C)NC(=O)C(C)NC(=O)CC(O)C(CC(C)C)NC(=O)C(CCCC)NC(=O)C(Cc1ccccc1)NC(=O)CC(C)C. The van der Waals surface area contributed by atoms with E-state index in [9.17, 15) is 53.4 Å². The summed E-state index contributed by atoms with van der Waals surface area (Å²) >= 11 is 0. The molecule has 0 radical (unpaired) electrons. The number of aliphatic hydroxyl groups is 2. The summed E-state index contributed by atoms with van der Waals surface area (Å²) in [6.45, 7) is 17.5. The molecule has 7 atom stereocenters. The maximum Gasteiger partial charge on any atom is 0.344 e. The van der Waals surface area contributed by atoms with Gasteiger partial charge in [-0.05, 0) is 62.3 Å². The molecular formula is C76H133N5O15. The van der Waals surface area contributed by atoms with Gasteiger partial charge in [0, 0.05) is 25.7 Å². The summed E-state index contributed by atoms with van der Waals surface area (Å²) in [7, 11) is 0. The zero-order valence-corrected chi connectivity index (χ0v) is 61.2. The van der Waals surface area contributed by atoms with Crippen molar-refractivity contribution in [3.8, 4) is 0 Å². The number of carbonyl (C=O) groups excluding carboxylic acids is 9. The van der Waals surface area contributed by atoms with Gasteiger partial charge in [-0.25, -0.2) is 4.79 Å². The number of ether oxygens (including phenoxy) is 4. The molecule has 20 heteroatoms. The van der Waals surface area contributed by atoms with Gasteiger partial charge in [-0.3, -0.25) is 38.4 Å². The molecule has 0 heterocycles. The molecule has 7 N–H and O–H groups in total. The molecule has 1 aromatic carbocycles. The average Bonchev–Trinajstić information content (AvgIpc) is 1.37. The summed E-state index contributed by atoms with van der Waals surface area (Å²) in [5.74, 6) is -5.84. The molecule has 20 nitrogen and oxygen atoms in total. The van der Waals surface area contributed by atoms with Crippen molar-refractivity contribution in [1.29, 1.82) is 0 Å². The predicted molar refractivity (Wildman–Crippen MR) is 378 cm³/mol. The minimum absolute atomic E-state index is 0.0476. The number of amides is 5. The molecule has 0 bridgehead atoms. The van der Waals surface area contributed by atoms with E-state index >= 15 is 0 Å². The van der Waals surface area contributed by atoms with Crippen molar-refractivity contribution in [2.24, 2.45) is 17.8 Å². The second kappa shape index (κ2) is 56.3. The molecular weight excluding hydrogens is 1220 g/mol. The molecule has 0 aliphatic carbocycles. The van der Waals surface area contributed by atoms with Crippen LogP contribution in [0.1, 0.15) is 306 Å². The molecule has 0 aliphatic heterocycles. The third-order valence-corrected chi connectivity index (χ3v) is 17.1. The molecule has 0 aliphatic rings. The normalized spacial score (nSPS) is 13.7. The van der Waals surface area contributed by atoms with Gasteiger partial charge in [-0.1, -0.05) is 260 Å².